The first-order valence-electron chi connectivity index (χ1n) is 8.67. The zero-order valence-corrected chi connectivity index (χ0v) is 16.5. The van der Waals surface area contributed by atoms with Crippen molar-refractivity contribution in [2.75, 3.05) is 25.5 Å². The average molecular weight is 409 g/mol. The van der Waals surface area contributed by atoms with Crippen LogP contribution >= 0.6 is 11.6 Å². The molecular weight excluding hydrogens is 388 g/mol. The van der Waals surface area contributed by atoms with Gasteiger partial charge >= 0.3 is 0 Å². The number of anilines is 1. The maximum atomic E-state index is 13.0. The van der Waals surface area contributed by atoms with Crippen molar-refractivity contribution in [1.29, 1.82) is 0 Å². The third-order valence-corrected chi connectivity index (χ3v) is 6.73. The molecule has 3 rings (SSSR count). The molecule has 6 nitrogen and oxygen atoms in total. The summed E-state index contributed by atoms with van der Waals surface area (Å²) in [6, 6.07) is 11.2. The quantitative estimate of drug-likeness (QED) is 0.816. The van der Waals surface area contributed by atoms with Gasteiger partial charge in [0.1, 0.15) is 10.6 Å². The SMILES string of the molecule is COc1ccc(C(=O)Nc2ccccc2Cl)cc1S(=O)(=O)N1CCCCC1. The highest BCUT2D eigenvalue weighted by Gasteiger charge is 2.29. The van der Waals surface area contributed by atoms with Gasteiger partial charge < -0.3 is 10.1 Å². The zero-order chi connectivity index (χ0) is 19.4. The number of methoxy groups -OCH3 is 1. The van der Waals surface area contributed by atoms with Gasteiger partial charge in [0, 0.05) is 18.7 Å². The van der Waals surface area contributed by atoms with E-state index >= 15 is 0 Å². The Bertz CT molecular complexity index is 940. The number of halogens is 1. The molecule has 2 aromatic rings. The molecule has 144 valence electrons. The number of piperidine rings is 1. The molecule has 0 spiro atoms. The van der Waals surface area contributed by atoms with E-state index in [2.05, 4.69) is 5.32 Å². The Kier molecular flexibility index (Phi) is 6.04. The van der Waals surface area contributed by atoms with E-state index in [-0.39, 0.29) is 16.2 Å². The molecule has 1 amide bonds. The van der Waals surface area contributed by atoms with E-state index in [9.17, 15) is 13.2 Å². The highest BCUT2D eigenvalue weighted by molar-refractivity contribution is 7.89. The van der Waals surface area contributed by atoms with Gasteiger partial charge in [-0.05, 0) is 43.2 Å². The number of sulfonamides is 1. The van der Waals surface area contributed by atoms with E-state index in [4.69, 9.17) is 16.3 Å². The normalized spacial score (nSPS) is 15.3. The molecule has 1 N–H and O–H groups in total. The Balaban J connectivity index is 1.93. The van der Waals surface area contributed by atoms with Crippen molar-refractivity contribution < 1.29 is 17.9 Å². The maximum absolute atomic E-state index is 13.0. The number of nitrogens with zero attached hydrogens (tertiary/aromatic N) is 1. The fourth-order valence-corrected chi connectivity index (χ4v) is 4.90. The molecule has 0 aliphatic carbocycles. The van der Waals surface area contributed by atoms with Gasteiger partial charge in [0.05, 0.1) is 17.8 Å². The van der Waals surface area contributed by atoms with Crippen molar-refractivity contribution in [1.82, 2.24) is 4.31 Å². The van der Waals surface area contributed by atoms with Crippen molar-refractivity contribution in [3.8, 4) is 5.75 Å². The van der Waals surface area contributed by atoms with Crippen molar-refractivity contribution in [2.45, 2.75) is 24.2 Å². The number of carbonyl (C=O) groups is 1. The highest BCUT2D eigenvalue weighted by Crippen LogP contribution is 2.30. The van der Waals surface area contributed by atoms with Crippen LogP contribution in [0.3, 0.4) is 0 Å². The molecule has 1 heterocycles. The van der Waals surface area contributed by atoms with Crippen molar-refractivity contribution in [3.63, 3.8) is 0 Å². The Morgan fingerprint density at radius 1 is 1.11 bits per heavy atom. The molecule has 0 atom stereocenters. The number of rotatable bonds is 5. The fraction of sp³-hybridized carbons (Fsp3) is 0.316. The molecule has 1 fully saturated rings. The molecule has 1 aliphatic rings. The van der Waals surface area contributed by atoms with Crippen LogP contribution in [0.2, 0.25) is 5.02 Å². The second kappa shape index (κ2) is 8.29. The predicted molar refractivity (Wildman–Crippen MR) is 105 cm³/mol. The topological polar surface area (TPSA) is 75.7 Å². The lowest BCUT2D eigenvalue weighted by Crippen LogP contribution is -2.35. The first kappa shape index (κ1) is 19.7. The highest BCUT2D eigenvalue weighted by atomic mass is 35.5. The number of nitrogens with one attached hydrogen (secondary N) is 1. The number of hydrogen-bond donors (Lipinski definition) is 1. The smallest absolute Gasteiger partial charge is 0.255 e. The zero-order valence-electron chi connectivity index (χ0n) is 14.9. The molecule has 1 saturated heterocycles. The molecule has 8 heteroatoms. The lowest BCUT2D eigenvalue weighted by Gasteiger charge is -2.26. The minimum Gasteiger partial charge on any atom is -0.495 e. The van der Waals surface area contributed by atoms with Crippen LogP contribution in [0, 0.1) is 0 Å². The Hall–Kier alpha value is -2.09. The molecule has 0 unspecified atom stereocenters. The molecule has 0 radical (unpaired) electrons. The van der Waals surface area contributed by atoms with E-state index in [1.807, 2.05) is 0 Å². The third kappa shape index (κ3) is 4.26. The van der Waals surface area contributed by atoms with Crippen LogP contribution in [0.1, 0.15) is 29.6 Å². The van der Waals surface area contributed by atoms with Crippen LogP contribution in [0.15, 0.2) is 47.4 Å². The molecular formula is C19H21ClN2O4S. The largest absolute Gasteiger partial charge is 0.495 e. The van der Waals surface area contributed by atoms with E-state index < -0.39 is 15.9 Å². The number of benzene rings is 2. The van der Waals surface area contributed by atoms with Crippen LogP contribution in [-0.2, 0) is 10.0 Å². The molecule has 27 heavy (non-hydrogen) atoms. The molecule has 0 aromatic heterocycles. The summed E-state index contributed by atoms with van der Waals surface area (Å²) in [5.74, 6) is -0.226. The first-order valence-corrected chi connectivity index (χ1v) is 10.5. The number of amides is 1. The summed E-state index contributed by atoms with van der Waals surface area (Å²) in [4.78, 5) is 12.6. The summed E-state index contributed by atoms with van der Waals surface area (Å²) in [6.45, 7) is 0.947. The maximum Gasteiger partial charge on any atom is 0.255 e. The van der Waals surface area contributed by atoms with E-state index in [1.54, 1.807) is 24.3 Å². The number of ether oxygens (including phenoxy) is 1. The summed E-state index contributed by atoms with van der Waals surface area (Å²) in [5.41, 5.74) is 0.673. The summed E-state index contributed by atoms with van der Waals surface area (Å²) in [5, 5.41) is 3.11. The molecule has 2 aromatic carbocycles. The van der Waals surface area contributed by atoms with Gasteiger partial charge in [0.25, 0.3) is 5.91 Å². The van der Waals surface area contributed by atoms with Gasteiger partial charge in [0.2, 0.25) is 10.0 Å². The van der Waals surface area contributed by atoms with Crippen molar-refractivity contribution in [3.05, 3.63) is 53.1 Å². The Morgan fingerprint density at radius 2 is 1.81 bits per heavy atom. The van der Waals surface area contributed by atoms with Crippen LogP contribution in [0.5, 0.6) is 5.75 Å². The standard InChI is InChI=1S/C19H21ClN2O4S/c1-26-17-10-9-14(19(23)21-16-8-4-3-7-15(16)20)13-18(17)27(24,25)22-11-5-2-6-12-22/h3-4,7-10,13H,2,5-6,11-12H2,1H3,(H,21,23). The Morgan fingerprint density at radius 3 is 2.48 bits per heavy atom. The fourth-order valence-electron chi connectivity index (χ4n) is 3.02. The second-order valence-corrected chi connectivity index (χ2v) is 8.58. The van der Waals surface area contributed by atoms with Crippen LogP contribution in [0.25, 0.3) is 0 Å². The summed E-state index contributed by atoms with van der Waals surface area (Å²) < 4.78 is 32.8. The monoisotopic (exact) mass is 408 g/mol. The van der Waals surface area contributed by atoms with E-state index in [1.165, 1.54) is 29.6 Å². The van der Waals surface area contributed by atoms with Gasteiger partial charge in [-0.2, -0.15) is 4.31 Å². The van der Waals surface area contributed by atoms with Gasteiger partial charge in [0.15, 0.2) is 0 Å². The van der Waals surface area contributed by atoms with Crippen molar-refractivity contribution >= 4 is 33.2 Å². The summed E-state index contributed by atoms with van der Waals surface area (Å²) >= 11 is 6.07. The van der Waals surface area contributed by atoms with Gasteiger partial charge in [-0.3, -0.25) is 4.79 Å². The molecule has 0 bridgehead atoms. The summed E-state index contributed by atoms with van der Waals surface area (Å²) in [6.07, 6.45) is 2.67. The average Bonchev–Trinajstić information content (AvgIpc) is 2.69. The third-order valence-electron chi connectivity index (χ3n) is 4.48. The van der Waals surface area contributed by atoms with Gasteiger partial charge in [-0.25, -0.2) is 8.42 Å². The number of hydrogen-bond acceptors (Lipinski definition) is 4. The lowest BCUT2D eigenvalue weighted by molar-refractivity contribution is 0.102. The Labute approximate surface area is 164 Å². The van der Waals surface area contributed by atoms with E-state index in [0.717, 1.165) is 19.3 Å². The van der Waals surface area contributed by atoms with E-state index in [0.29, 0.717) is 23.8 Å². The first-order chi connectivity index (χ1) is 12.9. The number of carbonyl (C=O) groups excluding carboxylic acids is 1. The molecule has 1 aliphatic heterocycles. The predicted octanol–water partition coefficient (Wildman–Crippen LogP) is 3.78. The van der Waals surface area contributed by atoms with Crippen LogP contribution in [0.4, 0.5) is 5.69 Å². The summed E-state index contributed by atoms with van der Waals surface area (Å²) in [7, 11) is -2.33. The van der Waals surface area contributed by atoms with Gasteiger partial charge in [-0.15, -0.1) is 0 Å². The lowest BCUT2D eigenvalue weighted by atomic mass is 10.2. The van der Waals surface area contributed by atoms with Crippen LogP contribution in [-0.4, -0.2) is 38.8 Å². The second-order valence-electron chi connectivity index (χ2n) is 6.26. The number of para-hydroxylation sites is 1. The van der Waals surface area contributed by atoms with Crippen molar-refractivity contribution in [2.24, 2.45) is 0 Å². The minimum atomic E-state index is -3.74. The van der Waals surface area contributed by atoms with Crippen LogP contribution < -0.4 is 10.1 Å². The minimum absolute atomic E-state index is 0.00120. The van der Waals surface area contributed by atoms with Gasteiger partial charge in [-0.1, -0.05) is 30.2 Å². The molecule has 0 saturated carbocycles.